The standard InChI is InChI=1S/C21H20N2O3S/c1-22-19(24)11-10-17(21(22)26)23-12-16-15(20(23)25)8-5-9-18(16)27-13-14-6-3-2-4-7-14/h2-9,17H,10-13H2,1H3. The number of amides is 3. The lowest BCUT2D eigenvalue weighted by atomic mass is 10.0. The van der Waals surface area contributed by atoms with Crippen LogP contribution < -0.4 is 0 Å². The summed E-state index contributed by atoms with van der Waals surface area (Å²) in [5.41, 5.74) is 2.88. The molecule has 0 bridgehead atoms. The van der Waals surface area contributed by atoms with Crippen LogP contribution in [0.15, 0.2) is 53.4 Å². The van der Waals surface area contributed by atoms with Gasteiger partial charge in [-0.25, -0.2) is 0 Å². The molecule has 0 aliphatic carbocycles. The van der Waals surface area contributed by atoms with E-state index < -0.39 is 6.04 Å². The van der Waals surface area contributed by atoms with Gasteiger partial charge in [0, 0.05) is 36.2 Å². The lowest BCUT2D eigenvalue weighted by Gasteiger charge is -2.33. The quantitative estimate of drug-likeness (QED) is 0.604. The third kappa shape index (κ3) is 3.25. The summed E-state index contributed by atoms with van der Waals surface area (Å²) in [6.45, 7) is 0.421. The fourth-order valence-corrected chi connectivity index (χ4v) is 4.67. The van der Waals surface area contributed by atoms with Crippen molar-refractivity contribution in [2.45, 2.75) is 36.1 Å². The second-order valence-corrected chi connectivity index (χ2v) is 7.85. The highest BCUT2D eigenvalue weighted by Crippen LogP contribution is 2.36. The van der Waals surface area contributed by atoms with E-state index in [0.717, 1.165) is 21.1 Å². The highest BCUT2D eigenvalue weighted by Gasteiger charge is 2.41. The van der Waals surface area contributed by atoms with Crippen molar-refractivity contribution in [1.82, 2.24) is 9.80 Å². The summed E-state index contributed by atoms with van der Waals surface area (Å²) >= 11 is 1.70. The number of imide groups is 1. The highest BCUT2D eigenvalue weighted by atomic mass is 32.2. The van der Waals surface area contributed by atoms with Gasteiger partial charge in [-0.05, 0) is 29.7 Å². The molecule has 5 nitrogen and oxygen atoms in total. The Labute approximate surface area is 162 Å². The molecule has 6 heteroatoms. The van der Waals surface area contributed by atoms with Gasteiger partial charge in [-0.15, -0.1) is 11.8 Å². The van der Waals surface area contributed by atoms with Gasteiger partial charge in [0.1, 0.15) is 6.04 Å². The van der Waals surface area contributed by atoms with Crippen LogP contribution in [0, 0.1) is 0 Å². The van der Waals surface area contributed by atoms with Gasteiger partial charge in [0.15, 0.2) is 0 Å². The third-order valence-electron chi connectivity index (χ3n) is 5.19. The Morgan fingerprint density at radius 1 is 1.04 bits per heavy atom. The Balaban J connectivity index is 1.55. The van der Waals surface area contributed by atoms with Gasteiger partial charge < -0.3 is 4.90 Å². The second kappa shape index (κ2) is 7.19. The monoisotopic (exact) mass is 380 g/mol. The van der Waals surface area contributed by atoms with Crippen LogP contribution in [0.4, 0.5) is 0 Å². The Bertz CT molecular complexity index is 913. The molecular weight excluding hydrogens is 360 g/mol. The number of thioether (sulfide) groups is 1. The van der Waals surface area contributed by atoms with E-state index in [1.807, 2.05) is 36.4 Å². The van der Waals surface area contributed by atoms with Crippen molar-refractivity contribution < 1.29 is 14.4 Å². The zero-order chi connectivity index (χ0) is 19.0. The highest BCUT2D eigenvalue weighted by molar-refractivity contribution is 7.98. The average molecular weight is 380 g/mol. The molecule has 0 saturated carbocycles. The van der Waals surface area contributed by atoms with E-state index in [2.05, 4.69) is 12.1 Å². The second-order valence-electron chi connectivity index (χ2n) is 6.84. The summed E-state index contributed by atoms with van der Waals surface area (Å²) < 4.78 is 0. The molecule has 0 aromatic heterocycles. The van der Waals surface area contributed by atoms with Gasteiger partial charge in [-0.3, -0.25) is 19.3 Å². The molecule has 1 atom stereocenters. The minimum atomic E-state index is -0.556. The molecule has 0 radical (unpaired) electrons. The molecule has 2 aliphatic heterocycles. The molecule has 27 heavy (non-hydrogen) atoms. The van der Waals surface area contributed by atoms with Crippen LogP contribution in [-0.2, 0) is 21.9 Å². The topological polar surface area (TPSA) is 57.7 Å². The minimum absolute atomic E-state index is 0.117. The van der Waals surface area contributed by atoms with E-state index in [1.165, 1.54) is 12.6 Å². The van der Waals surface area contributed by atoms with Gasteiger partial charge in [-0.2, -0.15) is 0 Å². The molecule has 1 unspecified atom stereocenters. The summed E-state index contributed by atoms with van der Waals surface area (Å²) in [4.78, 5) is 41.0. The fraction of sp³-hybridized carbons (Fsp3) is 0.286. The van der Waals surface area contributed by atoms with Crippen LogP contribution in [-0.4, -0.2) is 40.6 Å². The van der Waals surface area contributed by atoms with Crippen molar-refractivity contribution in [2.24, 2.45) is 0 Å². The normalized spacial score (nSPS) is 19.6. The Morgan fingerprint density at radius 3 is 2.59 bits per heavy atom. The maximum absolute atomic E-state index is 12.9. The van der Waals surface area contributed by atoms with E-state index in [4.69, 9.17) is 0 Å². The summed E-state index contributed by atoms with van der Waals surface area (Å²) in [6, 6.07) is 15.4. The van der Waals surface area contributed by atoms with E-state index >= 15 is 0 Å². The lowest BCUT2D eigenvalue weighted by Crippen LogP contribution is -2.53. The number of nitrogens with zero attached hydrogens (tertiary/aromatic N) is 2. The van der Waals surface area contributed by atoms with Gasteiger partial charge in [0.05, 0.1) is 0 Å². The first-order chi connectivity index (χ1) is 13.1. The Hall–Kier alpha value is -2.60. The zero-order valence-electron chi connectivity index (χ0n) is 15.1. The van der Waals surface area contributed by atoms with E-state index in [9.17, 15) is 14.4 Å². The number of fused-ring (bicyclic) bond motifs is 1. The van der Waals surface area contributed by atoms with Crippen LogP contribution >= 0.6 is 11.8 Å². The van der Waals surface area contributed by atoms with Crippen molar-refractivity contribution in [1.29, 1.82) is 0 Å². The number of likely N-dealkylation sites (tertiary alicyclic amines) is 1. The number of rotatable bonds is 4. The molecular formula is C21H20N2O3S. The van der Waals surface area contributed by atoms with Gasteiger partial charge in [0.25, 0.3) is 11.8 Å². The molecule has 0 spiro atoms. The zero-order valence-corrected chi connectivity index (χ0v) is 15.9. The van der Waals surface area contributed by atoms with E-state index in [0.29, 0.717) is 24.9 Å². The molecule has 138 valence electrons. The molecule has 2 heterocycles. The van der Waals surface area contributed by atoms with Gasteiger partial charge in [-0.1, -0.05) is 36.4 Å². The molecule has 1 saturated heterocycles. The Kier molecular flexibility index (Phi) is 4.74. The SMILES string of the molecule is CN1C(=O)CCC(N2Cc3c(SCc4ccccc4)cccc3C2=O)C1=O. The number of carbonyl (C=O) groups excluding carboxylic acids is 3. The molecule has 2 aromatic carbocycles. The lowest BCUT2D eigenvalue weighted by molar-refractivity contribution is -0.150. The van der Waals surface area contributed by atoms with Crippen LogP contribution in [0.5, 0.6) is 0 Å². The van der Waals surface area contributed by atoms with Crippen molar-refractivity contribution in [3.8, 4) is 0 Å². The number of hydrogen-bond acceptors (Lipinski definition) is 4. The number of carbonyl (C=O) groups is 3. The molecule has 1 fully saturated rings. The number of benzene rings is 2. The van der Waals surface area contributed by atoms with E-state index in [1.54, 1.807) is 16.7 Å². The van der Waals surface area contributed by atoms with Crippen LogP contribution in [0.3, 0.4) is 0 Å². The van der Waals surface area contributed by atoms with Crippen LogP contribution in [0.2, 0.25) is 0 Å². The summed E-state index contributed by atoms with van der Waals surface area (Å²) in [5.74, 6) is 0.240. The summed E-state index contributed by atoms with van der Waals surface area (Å²) in [5, 5.41) is 0. The van der Waals surface area contributed by atoms with Crippen LogP contribution in [0.25, 0.3) is 0 Å². The molecule has 3 amide bonds. The minimum Gasteiger partial charge on any atom is -0.322 e. The van der Waals surface area contributed by atoms with Crippen molar-refractivity contribution >= 4 is 29.5 Å². The van der Waals surface area contributed by atoms with Crippen molar-refractivity contribution in [3.63, 3.8) is 0 Å². The number of hydrogen-bond donors (Lipinski definition) is 0. The van der Waals surface area contributed by atoms with Gasteiger partial charge in [0.2, 0.25) is 5.91 Å². The summed E-state index contributed by atoms with van der Waals surface area (Å²) in [6.07, 6.45) is 0.691. The van der Waals surface area contributed by atoms with E-state index in [-0.39, 0.29) is 17.7 Å². The van der Waals surface area contributed by atoms with Crippen molar-refractivity contribution in [2.75, 3.05) is 7.05 Å². The average Bonchev–Trinajstić information content (AvgIpc) is 3.03. The van der Waals surface area contributed by atoms with Crippen LogP contribution in [0.1, 0.15) is 34.3 Å². The number of piperidine rings is 1. The Morgan fingerprint density at radius 2 is 1.81 bits per heavy atom. The first-order valence-electron chi connectivity index (χ1n) is 8.96. The molecule has 2 aliphatic rings. The molecule has 4 rings (SSSR count). The fourth-order valence-electron chi connectivity index (χ4n) is 3.64. The first kappa shape index (κ1) is 17.8. The maximum atomic E-state index is 12.9. The van der Waals surface area contributed by atoms with Crippen molar-refractivity contribution in [3.05, 3.63) is 65.2 Å². The summed E-state index contributed by atoms with van der Waals surface area (Å²) in [7, 11) is 1.49. The largest absolute Gasteiger partial charge is 0.322 e. The maximum Gasteiger partial charge on any atom is 0.255 e. The van der Waals surface area contributed by atoms with Gasteiger partial charge >= 0.3 is 0 Å². The predicted molar refractivity (Wildman–Crippen MR) is 103 cm³/mol. The third-order valence-corrected chi connectivity index (χ3v) is 6.36. The molecule has 0 N–H and O–H groups in total. The smallest absolute Gasteiger partial charge is 0.255 e. The molecule has 2 aromatic rings. The number of likely N-dealkylation sites (N-methyl/N-ethyl adjacent to an activating group) is 1. The first-order valence-corrected chi connectivity index (χ1v) is 9.95. The predicted octanol–water partition coefficient (Wildman–Crippen LogP) is 3.08.